The molecule has 21 rings (SSSR count). The maximum absolute atomic E-state index is 7.90. The third kappa shape index (κ3) is 4.99. The van der Waals surface area contributed by atoms with Crippen LogP contribution in [0.5, 0.6) is 23.0 Å². The van der Waals surface area contributed by atoms with Gasteiger partial charge in [-0.2, -0.15) is 0 Å². The number of thiophene rings is 1. The molecule has 0 saturated heterocycles. The van der Waals surface area contributed by atoms with E-state index in [9.17, 15) is 0 Å². The molecule has 9 heteroatoms. The molecule has 5 aromatic heterocycles. The smallest absolute Gasteiger partial charge is 0.268 e. The summed E-state index contributed by atoms with van der Waals surface area (Å²) in [6.45, 7) is -0.324. The Balaban J connectivity index is 0.972. The summed E-state index contributed by atoms with van der Waals surface area (Å²) in [6, 6.07) is 77.5. The Labute approximate surface area is 468 Å². The predicted octanol–water partition coefficient (Wildman–Crippen LogP) is 14.9. The van der Waals surface area contributed by atoms with Crippen LogP contribution in [0.25, 0.3) is 86.3 Å². The highest BCUT2D eigenvalue weighted by atomic mass is 32.1. The molecule has 0 N–H and O–H groups in total. The first-order valence-electron chi connectivity index (χ1n) is 28.6. The van der Waals surface area contributed by atoms with Gasteiger partial charge >= 0.3 is 0 Å². The van der Waals surface area contributed by atoms with Gasteiger partial charge < -0.3 is 28.1 Å². The molecule has 9 heterocycles. The number of fused-ring (bicyclic) bond motifs is 27. The van der Waals surface area contributed by atoms with Crippen molar-refractivity contribution in [1.29, 1.82) is 0 Å². The van der Waals surface area contributed by atoms with Crippen molar-refractivity contribution in [3.8, 4) is 23.0 Å². The molecule has 0 bridgehead atoms. The maximum atomic E-state index is 7.90. The van der Waals surface area contributed by atoms with E-state index in [1.165, 1.54) is 159 Å². The lowest BCUT2D eigenvalue weighted by Crippen LogP contribution is -2.63. The van der Waals surface area contributed by atoms with Gasteiger partial charge in [0.2, 0.25) is 0 Å². The highest BCUT2D eigenvalue weighted by Gasteiger charge is 2.51. The SMILES string of the molecule is c1ccc(N2c3cc4c(cc3B3c5ccccc5Oc5c3c2c2c3ccccc3n3c6ccccc6c5c23)B2c3sc5cc6c(cc5c3Oc3c2c(c2c5ccccc5n5c7ccccc7c3c25)N4c2ccccc2)CCCC6)cc1. The molecular formula is C72H42B2N4O2S. The second-order valence-electron chi connectivity index (χ2n) is 23.2. The number of nitrogens with zero attached hydrogens (tertiary/aromatic N) is 4. The number of rotatable bonds is 2. The minimum atomic E-state index is -0.166. The fourth-order valence-electron chi connectivity index (χ4n) is 16.3. The Morgan fingerprint density at radius 3 is 1.43 bits per heavy atom. The van der Waals surface area contributed by atoms with Gasteiger partial charge in [-0.15, -0.1) is 11.3 Å². The first-order valence-corrected chi connectivity index (χ1v) is 29.4. The first-order chi connectivity index (χ1) is 40.2. The van der Waals surface area contributed by atoms with Crippen molar-refractivity contribution in [3.05, 3.63) is 217 Å². The minimum absolute atomic E-state index is 0.157. The number of hydrogen-bond donors (Lipinski definition) is 0. The molecule has 0 unspecified atom stereocenters. The topological polar surface area (TPSA) is 33.8 Å². The Morgan fingerprint density at radius 1 is 0.383 bits per heavy atom. The van der Waals surface area contributed by atoms with Crippen LogP contribution >= 0.6 is 11.3 Å². The van der Waals surface area contributed by atoms with E-state index in [1.54, 1.807) is 0 Å². The second kappa shape index (κ2) is 14.8. The summed E-state index contributed by atoms with van der Waals surface area (Å²) in [5, 5.41) is 11.0. The molecule has 5 aliphatic rings. The van der Waals surface area contributed by atoms with Gasteiger partial charge in [0.15, 0.2) is 0 Å². The molecule has 0 atom stereocenters. The standard InChI is InChI=1S/C72H42B2N4O2S/c1-3-21-41(22-4-1)75-55-38-56-50(37-49(55)73-48-29-13-18-34-57(48)79-70-61-45-27-11-16-32-53(45)77-51-30-14-9-25-43(51)59(65(61)77)67(75)63(70)73)74-64-68(76(56)42-23-5-2-6-24-42)60-44-26-10-15-31-52(44)78-54-33-17-12-28-46(54)62(66(60)78)71(64)80-69-47-35-39-19-7-8-20-40(39)36-58(47)81-72(69)74/h1-6,9-18,21-38H,7-8,19-20H2. The Kier molecular flexibility index (Phi) is 7.70. The lowest BCUT2D eigenvalue weighted by molar-refractivity contribution is 0.493. The third-order valence-corrected chi connectivity index (χ3v) is 20.6. The molecule has 0 saturated carbocycles. The summed E-state index contributed by atoms with van der Waals surface area (Å²) < 4.78 is 23.1. The monoisotopic (exact) mass is 1050 g/mol. The fourth-order valence-corrected chi connectivity index (χ4v) is 17.6. The molecule has 4 aliphatic heterocycles. The van der Waals surface area contributed by atoms with Crippen LogP contribution in [0.1, 0.15) is 24.0 Å². The molecule has 6 nitrogen and oxygen atoms in total. The zero-order valence-electron chi connectivity index (χ0n) is 43.6. The average molecular weight is 1050 g/mol. The number of anilines is 6. The highest BCUT2D eigenvalue weighted by Crippen LogP contribution is 2.57. The lowest BCUT2D eigenvalue weighted by atomic mass is 9.31. The first kappa shape index (κ1) is 42.3. The molecule has 0 amide bonds. The van der Waals surface area contributed by atoms with Crippen molar-refractivity contribution in [2.75, 3.05) is 9.80 Å². The number of para-hydroxylation sites is 7. The summed E-state index contributed by atoms with van der Waals surface area (Å²) in [4.78, 5) is 5.24. The molecule has 11 aromatic carbocycles. The molecule has 81 heavy (non-hydrogen) atoms. The van der Waals surface area contributed by atoms with Gasteiger partial charge in [0.05, 0.1) is 55.2 Å². The lowest BCUT2D eigenvalue weighted by Gasteiger charge is -2.44. The van der Waals surface area contributed by atoms with Crippen LogP contribution in [0.3, 0.4) is 0 Å². The van der Waals surface area contributed by atoms with Crippen molar-refractivity contribution in [1.82, 2.24) is 8.80 Å². The van der Waals surface area contributed by atoms with Gasteiger partial charge in [-0.3, -0.25) is 0 Å². The Morgan fingerprint density at radius 2 is 0.852 bits per heavy atom. The number of aryl methyl sites for hydroxylation is 2. The molecule has 1 aliphatic carbocycles. The van der Waals surface area contributed by atoms with E-state index in [-0.39, 0.29) is 13.4 Å². The average Bonchev–Trinajstić information content (AvgIpc) is 2.49. The zero-order chi connectivity index (χ0) is 52.1. The normalized spacial score (nSPS) is 14.8. The number of ether oxygens (including phenoxy) is 2. The third-order valence-electron chi connectivity index (χ3n) is 19.4. The molecule has 0 fully saturated rings. The van der Waals surface area contributed by atoms with E-state index in [1.807, 2.05) is 11.3 Å². The number of hydrogen-bond acceptors (Lipinski definition) is 5. The second-order valence-corrected chi connectivity index (χ2v) is 24.2. The van der Waals surface area contributed by atoms with Crippen LogP contribution in [-0.2, 0) is 12.8 Å². The summed E-state index contributed by atoms with van der Waals surface area (Å²) in [6.07, 6.45) is 4.69. The van der Waals surface area contributed by atoms with E-state index < -0.39 is 0 Å². The van der Waals surface area contributed by atoms with E-state index in [4.69, 9.17) is 9.47 Å². The van der Waals surface area contributed by atoms with Crippen molar-refractivity contribution in [2.24, 2.45) is 0 Å². The largest absolute Gasteiger partial charge is 0.458 e. The van der Waals surface area contributed by atoms with Crippen LogP contribution < -0.4 is 51.4 Å². The summed E-state index contributed by atoms with van der Waals surface area (Å²) in [7, 11) is 0. The molecule has 0 spiro atoms. The molecular weight excluding hydrogens is 1010 g/mol. The highest BCUT2D eigenvalue weighted by molar-refractivity contribution is 7.33. The van der Waals surface area contributed by atoms with Crippen LogP contribution in [0.4, 0.5) is 34.1 Å². The van der Waals surface area contributed by atoms with Crippen molar-refractivity contribution in [2.45, 2.75) is 25.7 Å². The van der Waals surface area contributed by atoms with Gasteiger partial charge in [-0.05, 0) is 137 Å². The zero-order valence-corrected chi connectivity index (χ0v) is 44.4. The summed E-state index contributed by atoms with van der Waals surface area (Å²) in [5.74, 6) is 3.84. The molecule has 0 radical (unpaired) electrons. The summed E-state index contributed by atoms with van der Waals surface area (Å²) in [5.41, 5.74) is 23.2. The molecule has 16 aromatic rings. The quantitative estimate of drug-likeness (QED) is 0.162. The van der Waals surface area contributed by atoms with Crippen LogP contribution in [0.15, 0.2) is 206 Å². The van der Waals surface area contributed by atoms with E-state index in [0.717, 1.165) is 52.9 Å². The van der Waals surface area contributed by atoms with Gasteiger partial charge in [-0.25, -0.2) is 0 Å². The van der Waals surface area contributed by atoms with E-state index in [2.05, 4.69) is 225 Å². The fraction of sp³-hybridized carbons (Fsp3) is 0.0556. The van der Waals surface area contributed by atoms with Gasteiger partial charge in [0, 0.05) is 69.9 Å². The van der Waals surface area contributed by atoms with E-state index in [0.29, 0.717) is 0 Å². The Hall–Kier alpha value is -9.69. The summed E-state index contributed by atoms with van der Waals surface area (Å²) >= 11 is 1.95. The predicted molar refractivity (Wildman–Crippen MR) is 339 cm³/mol. The van der Waals surface area contributed by atoms with Crippen LogP contribution in [0, 0.1) is 0 Å². The molecule has 374 valence electrons. The van der Waals surface area contributed by atoms with Gasteiger partial charge in [0.1, 0.15) is 23.0 Å². The number of aromatic nitrogens is 2. The van der Waals surface area contributed by atoms with Crippen LogP contribution in [-0.4, -0.2) is 22.2 Å². The van der Waals surface area contributed by atoms with Crippen molar-refractivity contribution < 1.29 is 9.47 Å². The maximum Gasteiger partial charge on any atom is 0.268 e. The van der Waals surface area contributed by atoms with Crippen LogP contribution in [0.2, 0.25) is 0 Å². The number of benzene rings is 11. The van der Waals surface area contributed by atoms with E-state index >= 15 is 0 Å². The van der Waals surface area contributed by atoms with Crippen molar-refractivity contribution >= 4 is 177 Å². The van der Waals surface area contributed by atoms with Crippen molar-refractivity contribution in [3.63, 3.8) is 0 Å². The Bertz CT molecular complexity index is 5530. The van der Waals surface area contributed by atoms with Gasteiger partial charge in [-0.1, -0.05) is 133 Å². The van der Waals surface area contributed by atoms with Gasteiger partial charge in [0.25, 0.3) is 13.4 Å². The minimum Gasteiger partial charge on any atom is -0.458 e.